The first-order chi connectivity index (χ1) is 12.5. The summed E-state index contributed by atoms with van der Waals surface area (Å²) in [5.74, 6) is 0.257. The summed E-state index contributed by atoms with van der Waals surface area (Å²) in [4.78, 5) is 17.5. The third-order valence-corrected chi connectivity index (χ3v) is 5.68. The number of aryl methyl sites for hydroxylation is 1. The van der Waals surface area contributed by atoms with E-state index in [1.807, 2.05) is 0 Å². The second kappa shape index (κ2) is 6.29. The first kappa shape index (κ1) is 16.9. The molecule has 4 nitrogen and oxygen atoms in total. The zero-order valence-corrected chi connectivity index (χ0v) is 15.5. The molecular formula is C22H24N2O2. The van der Waals surface area contributed by atoms with Crippen molar-refractivity contribution in [3.05, 3.63) is 63.4 Å². The summed E-state index contributed by atoms with van der Waals surface area (Å²) in [6.45, 7) is 2.17. The number of fused-ring (bicyclic) bond motifs is 3. The van der Waals surface area contributed by atoms with E-state index in [0.29, 0.717) is 6.04 Å². The standard InChI is InChI=1S/C22H24N2O2/c1-13(24(2)3)14-7-9-15(10-8-14)20-19(25)12-11-18-21(20)16-5-4-6-17(16)22(26)23-18/h7-13,25H,4-6H2,1-3H3,(H,23,26). The lowest BCUT2D eigenvalue weighted by atomic mass is 9.93. The van der Waals surface area contributed by atoms with E-state index in [1.54, 1.807) is 12.1 Å². The fraction of sp³-hybridized carbons (Fsp3) is 0.318. The first-order valence-corrected chi connectivity index (χ1v) is 9.14. The van der Waals surface area contributed by atoms with Crippen LogP contribution in [0, 0.1) is 0 Å². The van der Waals surface area contributed by atoms with E-state index in [9.17, 15) is 9.90 Å². The van der Waals surface area contributed by atoms with Gasteiger partial charge in [0.25, 0.3) is 5.56 Å². The molecule has 0 spiro atoms. The number of aromatic hydroxyl groups is 1. The van der Waals surface area contributed by atoms with Gasteiger partial charge in [-0.1, -0.05) is 24.3 Å². The maximum atomic E-state index is 12.3. The summed E-state index contributed by atoms with van der Waals surface area (Å²) in [5, 5.41) is 11.6. The fourth-order valence-electron chi connectivity index (χ4n) is 4.00. The number of H-pyrrole nitrogens is 1. The van der Waals surface area contributed by atoms with Crippen molar-refractivity contribution in [3.8, 4) is 16.9 Å². The van der Waals surface area contributed by atoms with Gasteiger partial charge in [-0.25, -0.2) is 0 Å². The first-order valence-electron chi connectivity index (χ1n) is 9.14. The van der Waals surface area contributed by atoms with Crippen molar-refractivity contribution in [2.45, 2.75) is 32.2 Å². The van der Waals surface area contributed by atoms with E-state index in [1.165, 1.54) is 5.56 Å². The van der Waals surface area contributed by atoms with Crippen molar-refractivity contribution in [3.63, 3.8) is 0 Å². The number of phenolic OH excluding ortho intramolecular Hbond substituents is 1. The van der Waals surface area contributed by atoms with Crippen molar-refractivity contribution in [2.75, 3.05) is 14.1 Å². The number of nitrogens with one attached hydrogen (secondary N) is 1. The molecule has 1 aliphatic carbocycles. The van der Waals surface area contributed by atoms with Crippen LogP contribution < -0.4 is 5.56 Å². The Bertz CT molecular complexity index is 1030. The van der Waals surface area contributed by atoms with Crippen molar-refractivity contribution >= 4 is 10.9 Å². The van der Waals surface area contributed by atoms with Gasteiger partial charge in [-0.3, -0.25) is 4.79 Å². The number of rotatable bonds is 3. The Labute approximate surface area is 153 Å². The average molecular weight is 348 g/mol. The van der Waals surface area contributed by atoms with Crippen LogP contribution in [0.15, 0.2) is 41.2 Å². The van der Waals surface area contributed by atoms with Gasteiger partial charge in [0.15, 0.2) is 0 Å². The summed E-state index contributed by atoms with van der Waals surface area (Å²) < 4.78 is 0. The van der Waals surface area contributed by atoms with Gasteiger partial charge in [0.2, 0.25) is 0 Å². The predicted octanol–water partition coefficient (Wildman–Crippen LogP) is 4.01. The molecule has 0 bridgehead atoms. The van der Waals surface area contributed by atoms with Crippen LogP contribution in [0.3, 0.4) is 0 Å². The van der Waals surface area contributed by atoms with Gasteiger partial charge < -0.3 is 15.0 Å². The van der Waals surface area contributed by atoms with Gasteiger partial charge in [-0.05, 0) is 69.1 Å². The largest absolute Gasteiger partial charge is 0.507 e. The lowest BCUT2D eigenvalue weighted by Gasteiger charge is -2.20. The molecule has 1 aromatic heterocycles. The highest BCUT2D eigenvalue weighted by atomic mass is 16.3. The van der Waals surface area contributed by atoms with E-state index in [0.717, 1.165) is 52.4 Å². The molecule has 1 aliphatic rings. The summed E-state index contributed by atoms with van der Waals surface area (Å²) in [6.07, 6.45) is 2.70. The van der Waals surface area contributed by atoms with E-state index >= 15 is 0 Å². The molecule has 4 rings (SSSR count). The van der Waals surface area contributed by atoms with E-state index in [4.69, 9.17) is 0 Å². The number of hydrogen-bond donors (Lipinski definition) is 2. The normalized spacial score (nSPS) is 14.8. The Morgan fingerprint density at radius 1 is 1.04 bits per heavy atom. The molecule has 3 aromatic rings. The Balaban J connectivity index is 1.93. The highest BCUT2D eigenvalue weighted by molar-refractivity contribution is 6.00. The maximum absolute atomic E-state index is 12.3. The second-order valence-corrected chi connectivity index (χ2v) is 7.41. The molecule has 1 atom stereocenters. The van der Waals surface area contributed by atoms with E-state index in [2.05, 4.69) is 55.2 Å². The summed E-state index contributed by atoms with van der Waals surface area (Å²) in [5.41, 5.74) is 5.82. The van der Waals surface area contributed by atoms with Crippen LogP contribution >= 0.6 is 0 Å². The molecule has 0 aliphatic heterocycles. The topological polar surface area (TPSA) is 56.3 Å². The third-order valence-electron chi connectivity index (χ3n) is 5.68. The highest BCUT2D eigenvalue weighted by Crippen LogP contribution is 2.40. The molecule has 134 valence electrons. The van der Waals surface area contributed by atoms with Crippen LogP contribution in [0.1, 0.15) is 36.1 Å². The highest BCUT2D eigenvalue weighted by Gasteiger charge is 2.22. The Kier molecular flexibility index (Phi) is 4.08. The lowest BCUT2D eigenvalue weighted by Crippen LogP contribution is -2.16. The molecule has 26 heavy (non-hydrogen) atoms. The van der Waals surface area contributed by atoms with Crippen LogP contribution in [0.2, 0.25) is 0 Å². The molecule has 0 saturated carbocycles. The average Bonchev–Trinajstić information content (AvgIpc) is 3.12. The van der Waals surface area contributed by atoms with Crippen LogP contribution in [0.4, 0.5) is 0 Å². The van der Waals surface area contributed by atoms with Gasteiger partial charge in [0.05, 0.1) is 0 Å². The van der Waals surface area contributed by atoms with Crippen LogP contribution in [-0.4, -0.2) is 29.1 Å². The van der Waals surface area contributed by atoms with E-state index in [-0.39, 0.29) is 11.3 Å². The number of pyridine rings is 1. The van der Waals surface area contributed by atoms with Gasteiger partial charge in [0.1, 0.15) is 5.75 Å². The zero-order valence-electron chi connectivity index (χ0n) is 15.5. The van der Waals surface area contributed by atoms with Gasteiger partial charge in [0, 0.05) is 28.1 Å². The molecule has 0 fully saturated rings. The quantitative estimate of drug-likeness (QED) is 0.752. The monoisotopic (exact) mass is 348 g/mol. The molecule has 0 amide bonds. The van der Waals surface area contributed by atoms with Crippen molar-refractivity contribution < 1.29 is 5.11 Å². The molecule has 2 aromatic carbocycles. The minimum Gasteiger partial charge on any atom is -0.507 e. The summed E-state index contributed by atoms with van der Waals surface area (Å²) in [7, 11) is 4.13. The number of aromatic nitrogens is 1. The Morgan fingerprint density at radius 3 is 2.42 bits per heavy atom. The molecule has 1 heterocycles. The minimum atomic E-state index is 0.0109. The third kappa shape index (κ3) is 2.61. The SMILES string of the molecule is CC(c1ccc(-c2c(O)ccc3[nH]c(=O)c4c(c23)CCC4)cc1)N(C)C. The minimum absolute atomic E-state index is 0.0109. The van der Waals surface area contributed by atoms with Crippen molar-refractivity contribution in [1.82, 2.24) is 9.88 Å². The molecule has 1 unspecified atom stereocenters. The van der Waals surface area contributed by atoms with Gasteiger partial charge >= 0.3 is 0 Å². The molecule has 0 saturated heterocycles. The van der Waals surface area contributed by atoms with Gasteiger partial charge in [-0.15, -0.1) is 0 Å². The maximum Gasteiger partial charge on any atom is 0.251 e. The Hall–Kier alpha value is -2.59. The predicted molar refractivity (Wildman–Crippen MR) is 106 cm³/mol. The van der Waals surface area contributed by atoms with Crippen LogP contribution in [0.25, 0.3) is 22.0 Å². The van der Waals surface area contributed by atoms with E-state index < -0.39 is 0 Å². The molecular weight excluding hydrogens is 324 g/mol. The number of nitrogens with zero attached hydrogens (tertiary/aromatic N) is 1. The molecule has 4 heteroatoms. The van der Waals surface area contributed by atoms with Crippen molar-refractivity contribution in [2.24, 2.45) is 0 Å². The smallest absolute Gasteiger partial charge is 0.251 e. The number of hydrogen-bond acceptors (Lipinski definition) is 3. The van der Waals surface area contributed by atoms with Crippen LogP contribution in [0.5, 0.6) is 5.75 Å². The second-order valence-electron chi connectivity index (χ2n) is 7.41. The number of aromatic amines is 1. The number of benzene rings is 2. The Morgan fingerprint density at radius 2 is 1.73 bits per heavy atom. The zero-order chi connectivity index (χ0) is 18.4. The fourth-order valence-corrected chi connectivity index (χ4v) is 4.00. The summed E-state index contributed by atoms with van der Waals surface area (Å²) in [6, 6.07) is 12.2. The lowest BCUT2D eigenvalue weighted by molar-refractivity contribution is 0.321. The van der Waals surface area contributed by atoms with Crippen LogP contribution in [-0.2, 0) is 12.8 Å². The molecule has 0 radical (unpaired) electrons. The van der Waals surface area contributed by atoms with Gasteiger partial charge in [-0.2, -0.15) is 0 Å². The summed E-state index contributed by atoms with van der Waals surface area (Å²) >= 11 is 0. The van der Waals surface area contributed by atoms with Crippen molar-refractivity contribution in [1.29, 1.82) is 0 Å². The molecule has 2 N–H and O–H groups in total. The number of phenols is 1.